The molecule has 80 valence electrons. The summed E-state index contributed by atoms with van der Waals surface area (Å²) in [6.07, 6.45) is 7.26. The van der Waals surface area contributed by atoms with Gasteiger partial charge in [-0.05, 0) is 50.4 Å². The van der Waals surface area contributed by atoms with Crippen LogP contribution in [0.15, 0.2) is 0 Å². The van der Waals surface area contributed by atoms with Gasteiger partial charge in [0, 0.05) is 10.3 Å². The highest BCUT2D eigenvalue weighted by Gasteiger charge is 2.59. The van der Waals surface area contributed by atoms with Crippen LogP contribution in [0.5, 0.6) is 0 Å². The van der Waals surface area contributed by atoms with Crippen LogP contribution < -0.4 is 0 Å². The van der Waals surface area contributed by atoms with Gasteiger partial charge in [-0.2, -0.15) is 0 Å². The van der Waals surface area contributed by atoms with E-state index in [9.17, 15) is 0 Å². The van der Waals surface area contributed by atoms with Gasteiger partial charge in [-0.1, -0.05) is 0 Å². The number of alkyl halides is 3. The average Bonchev–Trinajstić information content (AvgIpc) is 1.98. The summed E-state index contributed by atoms with van der Waals surface area (Å²) in [6, 6.07) is 0. The maximum atomic E-state index is 6.65. The first-order valence-corrected chi connectivity index (χ1v) is 6.74. The standard InChI is InChI=1S/C11H15Cl3/c12-9(13)10-2-7-1-8(3-10)5-11(14,4-7)6-10/h7-9H,1-6H2/t7-,8+,10?,11?. The molecule has 4 bridgehead atoms. The Labute approximate surface area is 100 Å². The summed E-state index contributed by atoms with van der Waals surface area (Å²) in [5, 5.41) is 0. The molecule has 0 nitrogen and oxygen atoms in total. The molecule has 4 rings (SSSR count). The number of hydrogen-bond donors (Lipinski definition) is 0. The summed E-state index contributed by atoms with van der Waals surface area (Å²) in [5.74, 6) is 1.60. The van der Waals surface area contributed by atoms with E-state index in [1.54, 1.807) is 0 Å². The third kappa shape index (κ3) is 1.33. The fourth-order valence-corrected chi connectivity index (χ4v) is 5.69. The predicted octanol–water partition coefficient (Wildman–Crippen LogP) is 4.37. The van der Waals surface area contributed by atoms with Gasteiger partial charge in [-0.25, -0.2) is 0 Å². The van der Waals surface area contributed by atoms with Crippen molar-refractivity contribution in [2.45, 2.75) is 48.2 Å². The Morgan fingerprint density at radius 3 is 2.00 bits per heavy atom. The molecule has 0 amide bonds. The van der Waals surface area contributed by atoms with E-state index in [1.165, 1.54) is 32.1 Å². The van der Waals surface area contributed by atoms with Gasteiger partial charge in [-0.15, -0.1) is 34.8 Å². The average molecular weight is 254 g/mol. The molecule has 3 heteroatoms. The molecule has 0 spiro atoms. The zero-order valence-electron chi connectivity index (χ0n) is 8.11. The van der Waals surface area contributed by atoms with E-state index >= 15 is 0 Å². The van der Waals surface area contributed by atoms with Crippen molar-refractivity contribution in [3.8, 4) is 0 Å². The lowest BCUT2D eigenvalue weighted by atomic mass is 9.50. The summed E-state index contributed by atoms with van der Waals surface area (Å²) in [4.78, 5) is -0.168. The van der Waals surface area contributed by atoms with Gasteiger partial charge in [0.05, 0.1) is 0 Å². The Bertz CT molecular complexity index is 247. The van der Waals surface area contributed by atoms with E-state index in [0.29, 0.717) is 0 Å². The van der Waals surface area contributed by atoms with Crippen molar-refractivity contribution in [1.82, 2.24) is 0 Å². The Kier molecular flexibility index (Phi) is 2.12. The molecule has 4 aliphatic carbocycles. The Morgan fingerprint density at radius 2 is 1.57 bits per heavy atom. The molecule has 4 atom stereocenters. The van der Waals surface area contributed by atoms with Crippen molar-refractivity contribution in [2.24, 2.45) is 17.3 Å². The highest BCUT2D eigenvalue weighted by Crippen LogP contribution is 2.66. The van der Waals surface area contributed by atoms with E-state index in [-0.39, 0.29) is 15.1 Å². The van der Waals surface area contributed by atoms with Crippen molar-refractivity contribution in [2.75, 3.05) is 0 Å². The minimum atomic E-state index is -0.216. The van der Waals surface area contributed by atoms with E-state index < -0.39 is 0 Å². The van der Waals surface area contributed by atoms with Gasteiger partial charge < -0.3 is 0 Å². The molecular formula is C11H15Cl3. The molecule has 0 aromatic heterocycles. The largest absolute Gasteiger partial charge is 0.119 e. The first-order chi connectivity index (χ1) is 6.51. The second-order valence-corrected chi connectivity index (χ2v) is 7.67. The fraction of sp³-hybridized carbons (Fsp3) is 1.00. The van der Waals surface area contributed by atoms with Crippen LogP contribution in [-0.4, -0.2) is 9.71 Å². The van der Waals surface area contributed by atoms with Gasteiger partial charge >= 0.3 is 0 Å². The Balaban J connectivity index is 1.96. The first kappa shape index (κ1) is 10.1. The third-order valence-electron chi connectivity index (χ3n) is 4.50. The maximum Gasteiger partial charge on any atom is 0.113 e. The maximum absolute atomic E-state index is 6.65. The Morgan fingerprint density at radius 1 is 1.00 bits per heavy atom. The van der Waals surface area contributed by atoms with Gasteiger partial charge in [0.2, 0.25) is 0 Å². The highest BCUT2D eigenvalue weighted by molar-refractivity contribution is 6.44. The van der Waals surface area contributed by atoms with Crippen LogP contribution in [0, 0.1) is 17.3 Å². The third-order valence-corrected chi connectivity index (χ3v) is 5.87. The summed E-state index contributed by atoms with van der Waals surface area (Å²) >= 11 is 19.0. The van der Waals surface area contributed by atoms with Crippen LogP contribution in [0.2, 0.25) is 0 Å². The van der Waals surface area contributed by atoms with Crippen LogP contribution in [0.4, 0.5) is 0 Å². The zero-order chi connectivity index (χ0) is 9.97. The van der Waals surface area contributed by atoms with E-state index in [1.807, 2.05) is 0 Å². The van der Waals surface area contributed by atoms with Crippen LogP contribution in [-0.2, 0) is 0 Å². The molecule has 0 aromatic carbocycles. The first-order valence-electron chi connectivity index (χ1n) is 5.48. The minimum absolute atomic E-state index is 0.0477. The van der Waals surface area contributed by atoms with Crippen molar-refractivity contribution in [3.63, 3.8) is 0 Å². The molecule has 4 saturated carbocycles. The van der Waals surface area contributed by atoms with Crippen molar-refractivity contribution < 1.29 is 0 Å². The molecule has 0 aromatic rings. The number of hydrogen-bond acceptors (Lipinski definition) is 0. The molecule has 14 heavy (non-hydrogen) atoms. The van der Waals surface area contributed by atoms with E-state index in [2.05, 4.69) is 0 Å². The zero-order valence-corrected chi connectivity index (χ0v) is 10.4. The monoisotopic (exact) mass is 252 g/mol. The lowest BCUT2D eigenvalue weighted by Crippen LogP contribution is -2.55. The second-order valence-electron chi connectivity index (χ2n) is 5.77. The van der Waals surface area contributed by atoms with Crippen LogP contribution in [0.3, 0.4) is 0 Å². The molecule has 4 aliphatic rings. The summed E-state index contributed by atoms with van der Waals surface area (Å²) in [5.41, 5.74) is 0.162. The van der Waals surface area contributed by atoms with Gasteiger partial charge in [0.15, 0.2) is 0 Å². The second kappa shape index (κ2) is 2.96. The number of halogens is 3. The summed E-state index contributed by atoms with van der Waals surface area (Å²) in [7, 11) is 0. The number of rotatable bonds is 1. The van der Waals surface area contributed by atoms with E-state index in [4.69, 9.17) is 34.8 Å². The molecule has 0 aliphatic heterocycles. The minimum Gasteiger partial charge on any atom is -0.119 e. The lowest BCUT2D eigenvalue weighted by Gasteiger charge is -2.60. The molecule has 0 N–H and O–H groups in total. The van der Waals surface area contributed by atoms with Crippen LogP contribution in [0.25, 0.3) is 0 Å². The molecule has 4 fully saturated rings. The fourth-order valence-electron chi connectivity index (χ4n) is 4.48. The quantitative estimate of drug-likeness (QED) is 0.609. The molecule has 2 unspecified atom stereocenters. The predicted molar refractivity (Wildman–Crippen MR) is 61.2 cm³/mol. The lowest BCUT2D eigenvalue weighted by molar-refractivity contribution is -0.0315. The molecule has 0 saturated heterocycles. The molecule has 0 radical (unpaired) electrons. The summed E-state index contributed by atoms with van der Waals surface area (Å²) < 4.78 is 0. The van der Waals surface area contributed by atoms with Gasteiger partial charge in [0.1, 0.15) is 4.84 Å². The van der Waals surface area contributed by atoms with Gasteiger partial charge in [-0.3, -0.25) is 0 Å². The molecular weight excluding hydrogens is 238 g/mol. The highest BCUT2D eigenvalue weighted by atomic mass is 35.5. The van der Waals surface area contributed by atoms with E-state index in [0.717, 1.165) is 18.3 Å². The van der Waals surface area contributed by atoms with Crippen molar-refractivity contribution >= 4 is 34.8 Å². The molecule has 0 heterocycles. The van der Waals surface area contributed by atoms with Crippen molar-refractivity contribution in [3.05, 3.63) is 0 Å². The van der Waals surface area contributed by atoms with Crippen molar-refractivity contribution in [1.29, 1.82) is 0 Å². The topological polar surface area (TPSA) is 0 Å². The Hall–Kier alpha value is 0.870. The van der Waals surface area contributed by atoms with Crippen LogP contribution in [0.1, 0.15) is 38.5 Å². The summed E-state index contributed by atoms with van der Waals surface area (Å²) in [6.45, 7) is 0. The normalized spacial score (nSPS) is 55.7. The smallest absolute Gasteiger partial charge is 0.113 e. The van der Waals surface area contributed by atoms with Crippen LogP contribution >= 0.6 is 34.8 Å². The SMILES string of the molecule is ClC(Cl)C12C[C@@H]3C[C@@H](CC(Cl)(C3)C1)C2. The van der Waals surface area contributed by atoms with Gasteiger partial charge in [0.25, 0.3) is 0 Å².